The molecule has 1 aromatic carbocycles. The molecule has 2 aromatic heterocycles. The molecule has 2 saturated heterocycles. The molecule has 2 atom stereocenters. The molecule has 0 spiro atoms. The Morgan fingerprint density at radius 2 is 2.06 bits per heavy atom. The van der Waals surface area contributed by atoms with Crippen LogP contribution in [0.5, 0.6) is 5.75 Å². The molecule has 4 heterocycles. The van der Waals surface area contributed by atoms with Gasteiger partial charge in [-0.15, -0.1) is 13.2 Å². The number of nitrogens with zero attached hydrogens (tertiary/aromatic N) is 4. The third-order valence-electron chi connectivity index (χ3n) is 6.12. The summed E-state index contributed by atoms with van der Waals surface area (Å²) in [6, 6.07) is 8.18. The average Bonchev–Trinajstić information content (AvgIpc) is 3.42. The number of hydrogen-bond donors (Lipinski definition) is 2. The van der Waals surface area contributed by atoms with E-state index in [2.05, 4.69) is 35.2 Å². The highest BCUT2D eigenvalue weighted by Gasteiger charge is 2.39. The fourth-order valence-electron chi connectivity index (χ4n) is 4.48. The Hall–Kier alpha value is -3.47. The van der Waals surface area contributed by atoms with Crippen LogP contribution in [0.15, 0.2) is 36.5 Å². The van der Waals surface area contributed by atoms with Crippen molar-refractivity contribution in [3.63, 3.8) is 0 Å². The number of nitrogens with one attached hydrogen (secondary N) is 2. The monoisotopic (exact) mass is 472 g/mol. The summed E-state index contributed by atoms with van der Waals surface area (Å²) >= 11 is 0. The maximum Gasteiger partial charge on any atom is 0.573 e. The van der Waals surface area contributed by atoms with Crippen LogP contribution in [0, 0.1) is 6.92 Å². The van der Waals surface area contributed by atoms with Crippen molar-refractivity contribution in [1.82, 2.24) is 20.3 Å². The largest absolute Gasteiger partial charge is 0.573 e. The van der Waals surface area contributed by atoms with Gasteiger partial charge in [-0.2, -0.15) is 4.98 Å². The molecule has 0 aliphatic carbocycles. The lowest BCUT2D eigenvalue weighted by Gasteiger charge is -2.27. The Morgan fingerprint density at radius 1 is 1.26 bits per heavy atom. The summed E-state index contributed by atoms with van der Waals surface area (Å²) in [7, 11) is 0. The molecule has 2 aliphatic rings. The second-order valence-electron chi connectivity index (χ2n) is 8.59. The van der Waals surface area contributed by atoms with Gasteiger partial charge in [0, 0.05) is 37.0 Å². The molecule has 2 fully saturated rings. The maximum absolute atomic E-state index is 12.4. The molecule has 5 rings (SSSR count). The number of halogens is 3. The van der Waals surface area contributed by atoms with Gasteiger partial charge in [0.05, 0.1) is 17.6 Å². The van der Waals surface area contributed by atoms with Crippen LogP contribution in [-0.4, -0.2) is 52.4 Å². The number of piperazine rings is 1. The Kier molecular flexibility index (Phi) is 5.72. The highest BCUT2D eigenvalue weighted by Crippen LogP contribution is 2.29. The predicted octanol–water partition coefficient (Wildman–Crippen LogP) is 3.35. The number of fused-ring (bicyclic) bond motifs is 3. The molecule has 34 heavy (non-hydrogen) atoms. The second-order valence-corrected chi connectivity index (χ2v) is 8.59. The molecule has 2 unspecified atom stereocenters. The van der Waals surface area contributed by atoms with Gasteiger partial charge < -0.3 is 20.3 Å². The van der Waals surface area contributed by atoms with Crippen LogP contribution in [0.25, 0.3) is 11.0 Å². The van der Waals surface area contributed by atoms with E-state index in [1.165, 1.54) is 24.3 Å². The van der Waals surface area contributed by atoms with Gasteiger partial charge in [0.15, 0.2) is 5.65 Å². The first kappa shape index (κ1) is 22.3. The first-order valence-electron chi connectivity index (χ1n) is 11.0. The molecular formula is C23H23F3N6O2. The van der Waals surface area contributed by atoms with E-state index in [4.69, 9.17) is 0 Å². The summed E-state index contributed by atoms with van der Waals surface area (Å²) in [6.07, 6.45) is -1.53. The minimum atomic E-state index is -4.73. The van der Waals surface area contributed by atoms with Gasteiger partial charge in [-0.05, 0) is 43.5 Å². The SMILES string of the molecule is Cc1nc(N2CC3CC2CN3)nc2ncc(NC(=O)CCc3ccc(OC(F)(F)F)cc3)cc12. The lowest BCUT2D eigenvalue weighted by molar-refractivity contribution is -0.274. The van der Waals surface area contributed by atoms with Gasteiger partial charge >= 0.3 is 6.36 Å². The van der Waals surface area contributed by atoms with E-state index < -0.39 is 6.36 Å². The Bertz CT molecular complexity index is 1220. The summed E-state index contributed by atoms with van der Waals surface area (Å²) in [5.41, 5.74) is 2.64. The molecule has 3 aromatic rings. The third-order valence-corrected chi connectivity index (χ3v) is 6.12. The number of aryl methyl sites for hydroxylation is 2. The van der Waals surface area contributed by atoms with Crippen LogP contribution >= 0.6 is 0 Å². The fraction of sp³-hybridized carbons (Fsp3) is 0.391. The van der Waals surface area contributed by atoms with Gasteiger partial charge in [0.25, 0.3) is 0 Å². The number of amides is 1. The summed E-state index contributed by atoms with van der Waals surface area (Å²) < 4.78 is 40.6. The minimum Gasteiger partial charge on any atom is -0.406 e. The molecular weight excluding hydrogens is 449 g/mol. The second kappa shape index (κ2) is 8.71. The summed E-state index contributed by atoms with van der Waals surface area (Å²) in [4.78, 5) is 28.4. The minimum absolute atomic E-state index is 0.164. The number of carbonyl (C=O) groups excluding carboxylic acids is 1. The number of rotatable bonds is 6. The van der Waals surface area contributed by atoms with E-state index in [0.29, 0.717) is 35.8 Å². The van der Waals surface area contributed by atoms with Gasteiger partial charge in [-0.3, -0.25) is 4.79 Å². The van der Waals surface area contributed by atoms with Gasteiger partial charge in [-0.25, -0.2) is 9.97 Å². The fourth-order valence-corrected chi connectivity index (χ4v) is 4.48. The number of hydrogen-bond acceptors (Lipinski definition) is 7. The zero-order chi connectivity index (χ0) is 23.9. The standard InChI is InChI=1S/C23H23F3N6O2/c1-13-19-9-15(10-28-21(19)31-22(29-13)32-12-16-8-17(32)11-27-16)30-20(33)7-4-14-2-5-18(6-3-14)34-23(24,25)26/h2-3,5-6,9-10,16-17,27H,4,7-8,11-12H2,1H3,(H,30,33). The van der Waals surface area contributed by atoms with Crippen molar-refractivity contribution in [1.29, 1.82) is 0 Å². The van der Waals surface area contributed by atoms with Crippen LogP contribution in [0.3, 0.4) is 0 Å². The van der Waals surface area contributed by atoms with Crippen molar-refractivity contribution in [2.75, 3.05) is 23.3 Å². The Labute approximate surface area is 193 Å². The van der Waals surface area contributed by atoms with Gasteiger partial charge in [-0.1, -0.05) is 12.1 Å². The summed E-state index contributed by atoms with van der Waals surface area (Å²) in [6.45, 7) is 3.73. The van der Waals surface area contributed by atoms with E-state index in [9.17, 15) is 18.0 Å². The van der Waals surface area contributed by atoms with Crippen molar-refractivity contribution >= 4 is 28.6 Å². The molecule has 11 heteroatoms. The zero-order valence-corrected chi connectivity index (χ0v) is 18.4. The normalized spacial score (nSPS) is 19.6. The Morgan fingerprint density at radius 3 is 2.74 bits per heavy atom. The van der Waals surface area contributed by atoms with E-state index in [1.807, 2.05) is 6.92 Å². The van der Waals surface area contributed by atoms with E-state index in [-0.39, 0.29) is 18.1 Å². The molecule has 178 valence electrons. The highest BCUT2D eigenvalue weighted by molar-refractivity contribution is 5.93. The number of benzene rings is 1. The number of pyridine rings is 1. The zero-order valence-electron chi connectivity index (χ0n) is 18.4. The maximum atomic E-state index is 12.4. The van der Waals surface area contributed by atoms with Crippen molar-refractivity contribution in [3.05, 3.63) is 47.8 Å². The van der Waals surface area contributed by atoms with Gasteiger partial charge in [0.2, 0.25) is 11.9 Å². The topological polar surface area (TPSA) is 92.3 Å². The first-order valence-corrected chi connectivity index (χ1v) is 11.0. The highest BCUT2D eigenvalue weighted by atomic mass is 19.4. The molecule has 2 aliphatic heterocycles. The van der Waals surface area contributed by atoms with Crippen molar-refractivity contribution in [2.45, 2.75) is 44.6 Å². The molecule has 1 amide bonds. The summed E-state index contributed by atoms with van der Waals surface area (Å²) in [5.74, 6) is 0.167. The molecule has 2 bridgehead atoms. The van der Waals surface area contributed by atoms with E-state index in [0.717, 1.165) is 36.2 Å². The molecule has 8 nitrogen and oxygen atoms in total. The average molecular weight is 472 g/mol. The third kappa shape index (κ3) is 4.89. The van der Waals surface area contributed by atoms with Crippen LogP contribution in [0.1, 0.15) is 24.1 Å². The lowest BCUT2D eigenvalue weighted by atomic mass is 10.1. The number of ether oxygens (including phenoxy) is 1. The lowest BCUT2D eigenvalue weighted by Crippen LogP contribution is -2.44. The Balaban J connectivity index is 1.21. The summed E-state index contributed by atoms with van der Waals surface area (Å²) in [5, 5.41) is 7.05. The van der Waals surface area contributed by atoms with Crippen LogP contribution in [0.4, 0.5) is 24.8 Å². The number of carbonyl (C=O) groups is 1. The predicted molar refractivity (Wildman–Crippen MR) is 120 cm³/mol. The van der Waals surface area contributed by atoms with E-state index >= 15 is 0 Å². The molecule has 0 saturated carbocycles. The van der Waals surface area contributed by atoms with Crippen molar-refractivity contribution in [2.24, 2.45) is 0 Å². The molecule has 2 N–H and O–H groups in total. The van der Waals surface area contributed by atoms with Crippen LogP contribution in [0.2, 0.25) is 0 Å². The van der Waals surface area contributed by atoms with Crippen molar-refractivity contribution < 1.29 is 22.7 Å². The number of anilines is 2. The van der Waals surface area contributed by atoms with Gasteiger partial charge in [0.1, 0.15) is 5.75 Å². The number of alkyl halides is 3. The quantitative estimate of drug-likeness (QED) is 0.569. The van der Waals surface area contributed by atoms with Crippen molar-refractivity contribution in [3.8, 4) is 5.75 Å². The van der Waals surface area contributed by atoms with E-state index in [1.54, 1.807) is 12.3 Å². The van der Waals surface area contributed by atoms with Crippen LogP contribution in [-0.2, 0) is 11.2 Å². The number of aromatic nitrogens is 3. The first-order chi connectivity index (χ1) is 16.2. The molecule has 0 radical (unpaired) electrons. The smallest absolute Gasteiger partial charge is 0.406 e. The van der Waals surface area contributed by atoms with Crippen LogP contribution < -0.4 is 20.3 Å².